The summed E-state index contributed by atoms with van der Waals surface area (Å²) < 4.78 is 40.1. The monoisotopic (exact) mass is 473 g/mol. The molecule has 1 atom stereocenters. The Morgan fingerprint density at radius 2 is 2.03 bits per heavy atom. The molecule has 176 valence electrons. The fourth-order valence-electron chi connectivity index (χ4n) is 4.03. The highest BCUT2D eigenvalue weighted by Crippen LogP contribution is 2.28. The number of rotatable bonds is 9. The van der Waals surface area contributed by atoms with E-state index in [4.69, 9.17) is 9.47 Å². The largest absolute Gasteiger partial charge is 0.496 e. The number of carbonyl (C=O) groups is 1. The maximum Gasteiger partial charge on any atom is 0.243 e. The molecule has 1 aliphatic rings. The Morgan fingerprint density at radius 3 is 2.82 bits per heavy atom. The summed E-state index contributed by atoms with van der Waals surface area (Å²) in [6.45, 7) is 1.52. The van der Waals surface area contributed by atoms with Gasteiger partial charge in [0.05, 0.1) is 30.7 Å². The number of fused-ring (bicyclic) bond motifs is 1. The highest BCUT2D eigenvalue weighted by molar-refractivity contribution is 7.89. The average molecular weight is 474 g/mol. The van der Waals surface area contributed by atoms with E-state index < -0.39 is 16.1 Å². The Bertz CT molecular complexity index is 1240. The second-order valence-corrected chi connectivity index (χ2v) is 9.65. The summed E-state index contributed by atoms with van der Waals surface area (Å²) >= 11 is 0. The molecule has 1 saturated heterocycles. The Morgan fingerprint density at radius 1 is 1.21 bits per heavy atom. The summed E-state index contributed by atoms with van der Waals surface area (Å²) in [5.74, 6) is 0.342. The number of methoxy groups -OCH3 is 2. The smallest absolute Gasteiger partial charge is 0.243 e. The van der Waals surface area contributed by atoms with Crippen LogP contribution in [0.1, 0.15) is 18.4 Å². The number of aromatic nitrogens is 3. The molecule has 1 amide bonds. The van der Waals surface area contributed by atoms with E-state index in [1.165, 1.54) is 16.4 Å². The first kappa shape index (κ1) is 23.1. The summed E-state index contributed by atoms with van der Waals surface area (Å²) in [4.78, 5) is 13.0. The van der Waals surface area contributed by atoms with Gasteiger partial charge in [-0.15, -0.1) is 5.10 Å². The first-order valence-electron chi connectivity index (χ1n) is 10.7. The molecule has 1 fully saturated rings. The van der Waals surface area contributed by atoms with Crippen LogP contribution in [0.4, 0.5) is 0 Å². The molecule has 1 aromatic heterocycles. The van der Waals surface area contributed by atoms with Crippen molar-refractivity contribution in [1.29, 1.82) is 0 Å². The van der Waals surface area contributed by atoms with Gasteiger partial charge in [0.25, 0.3) is 0 Å². The van der Waals surface area contributed by atoms with Crippen molar-refractivity contribution in [3.05, 3.63) is 48.0 Å². The van der Waals surface area contributed by atoms with E-state index in [1.54, 1.807) is 25.0 Å². The predicted molar refractivity (Wildman–Crippen MR) is 121 cm³/mol. The second kappa shape index (κ2) is 9.86. The van der Waals surface area contributed by atoms with Gasteiger partial charge in [-0.25, -0.2) is 13.1 Å². The van der Waals surface area contributed by atoms with Crippen LogP contribution < -0.4 is 10.1 Å². The number of ether oxygens (including phenoxy) is 2. The number of nitrogens with one attached hydrogen (secondary N) is 1. The lowest BCUT2D eigenvalue weighted by Gasteiger charge is -2.23. The third-order valence-electron chi connectivity index (χ3n) is 5.75. The van der Waals surface area contributed by atoms with Gasteiger partial charge in [-0.3, -0.25) is 4.79 Å². The molecule has 2 heterocycles. The zero-order chi connectivity index (χ0) is 23.4. The third-order valence-corrected chi connectivity index (χ3v) is 7.66. The van der Waals surface area contributed by atoms with E-state index >= 15 is 0 Å². The van der Waals surface area contributed by atoms with Crippen LogP contribution in [0, 0.1) is 0 Å². The first-order valence-corrected chi connectivity index (χ1v) is 12.1. The van der Waals surface area contributed by atoms with Crippen molar-refractivity contribution >= 4 is 27.0 Å². The van der Waals surface area contributed by atoms with Crippen molar-refractivity contribution in [3.63, 3.8) is 0 Å². The topological polar surface area (TPSA) is 116 Å². The molecule has 4 rings (SSSR count). The summed E-state index contributed by atoms with van der Waals surface area (Å²) in [7, 11) is -0.713. The van der Waals surface area contributed by atoms with E-state index in [9.17, 15) is 13.2 Å². The molecule has 33 heavy (non-hydrogen) atoms. The maximum absolute atomic E-state index is 13.4. The van der Waals surface area contributed by atoms with E-state index in [-0.39, 0.29) is 23.9 Å². The summed E-state index contributed by atoms with van der Waals surface area (Å²) in [6.07, 6.45) is 1.08. The molecule has 1 aliphatic heterocycles. The minimum atomic E-state index is -3.88. The minimum absolute atomic E-state index is 0.0956. The molecule has 1 N–H and O–H groups in total. The number of para-hydroxylation sites is 1. The summed E-state index contributed by atoms with van der Waals surface area (Å²) in [5.41, 5.74) is 2.02. The molecule has 0 saturated carbocycles. The van der Waals surface area contributed by atoms with Crippen molar-refractivity contribution in [2.75, 3.05) is 27.4 Å². The number of hydrogen-bond donors (Lipinski definition) is 1. The van der Waals surface area contributed by atoms with Crippen molar-refractivity contribution < 1.29 is 22.7 Å². The van der Waals surface area contributed by atoms with Crippen molar-refractivity contribution in [3.8, 4) is 5.75 Å². The molecular formula is C22H27N5O5S. The van der Waals surface area contributed by atoms with Crippen LogP contribution >= 0.6 is 0 Å². The molecule has 0 radical (unpaired) electrons. The lowest BCUT2D eigenvalue weighted by atomic mass is 10.2. The van der Waals surface area contributed by atoms with Gasteiger partial charge in [0, 0.05) is 25.8 Å². The highest BCUT2D eigenvalue weighted by Gasteiger charge is 2.39. The van der Waals surface area contributed by atoms with Crippen LogP contribution in [-0.2, 0) is 32.6 Å². The van der Waals surface area contributed by atoms with Crippen LogP contribution in [-0.4, -0.2) is 67.0 Å². The molecular weight excluding hydrogens is 446 g/mol. The zero-order valence-corrected chi connectivity index (χ0v) is 19.4. The molecule has 3 aromatic rings. The van der Waals surface area contributed by atoms with Crippen LogP contribution in [0.25, 0.3) is 11.0 Å². The molecule has 2 aromatic carbocycles. The van der Waals surface area contributed by atoms with Crippen LogP contribution in [0.5, 0.6) is 5.75 Å². The maximum atomic E-state index is 13.4. The van der Waals surface area contributed by atoms with Crippen LogP contribution in [0.2, 0.25) is 0 Å². The molecule has 11 heteroatoms. The minimum Gasteiger partial charge on any atom is -0.496 e. The van der Waals surface area contributed by atoms with Crippen molar-refractivity contribution in [2.45, 2.75) is 36.9 Å². The second-order valence-electron chi connectivity index (χ2n) is 7.76. The van der Waals surface area contributed by atoms with Crippen LogP contribution in [0.3, 0.4) is 0 Å². The van der Waals surface area contributed by atoms with Gasteiger partial charge in [-0.05, 0) is 37.1 Å². The number of hydrogen-bond acceptors (Lipinski definition) is 7. The SMILES string of the molecule is COCCn1nnc2cc(S(=O)(=O)N3CCCC3C(=O)NCc3ccccc3OC)ccc21. The molecule has 0 aliphatic carbocycles. The summed E-state index contributed by atoms with van der Waals surface area (Å²) in [6, 6.07) is 11.3. The number of amides is 1. The Balaban J connectivity index is 1.51. The van der Waals surface area contributed by atoms with E-state index in [2.05, 4.69) is 15.6 Å². The lowest BCUT2D eigenvalue weighted by Crippen LogP contribution is -2.45. The van der Waals surface area contributed by atoms with E-state index in [1.807, 2.05) is 24.3 Å². The fraction of sp³-hybridized carbons (Fsp3) is 0.409. The normalized spacial score (nSPS) is 16.8. The predicted octanol–water partition coefficient (Wildman–Crippen LogP) is 1.56. The van der Waals surface area contributed by atoms with Crippen molar-refractivity contribution in [2.24, 2.45) is 0 Å². The van der Waals surface area contributed by atoms with Gasteiger partial charge in [-0.2, -0.15) is 4.31 Å². The molecule has 1 unspecified atom stereocenters. The van der Waals surface area contributed by atoms with Gasteiger partial charge in [0.15, 0.2) is 0 Å². The van der Waals surface area contributed by atoms with E-state index in [0.29, 0.717) is 37.3 Å². The lowest BCUT2D eigenvalue weighted by molar-refractivity contribution is -0.124. The number of nitrogens with zero attached hydrogens (tertiary/aromatic N) is 4. The first-order chi connectivity index (χ1) is 16.0. The molecule has 0 spiro atoms. The Hall–Kier alpha value is -3.02. The van der Waals surface area contributed by atoms with Crippen LogP contribution in [0.15, 0.2) is 47.4 Å². The fourth-order valence-corrected chi connectivity index (χ4v) is 5.71. The quantitative estimate of drug-likeness (QED) is 0.501. The van der Waals surface area contributed by atoms with E-state index in [0.717, 1.165) is 11.1 Å². The highest BCUT2D eigenvalue weighted by atomic mass is 32.2. The van der Waals surface area contributed by atoms with Gasteiger partial charge in [0.2, 0.25) is 15.9 Å². The number of carbonyl (C=O) groups excluding carboxylic acids is 1. The molecule has 10 nitrogen and oxygen atoms in total. The summed E-state index contributed by atoms with van der Waals surface area (Å²) in [5, 5.41) is 11.0. The van der Waals surface area contributed by atoms with Gasteiger partial charge in [0.1, 0.15) is 17.3 Å². The number of sulfonamides is 1. The zero-order valence-electron chi connectivity index (χ0n) is 18.6. The Labute approximate surface area is 192 Å². The molecule has 0 bridgehead atoms. The van der Waals surface area contributed by atoms with Crippen molar-refractivity contribution in [1.82, 2.24) is 24.6 Å². The van der Waals surface area contributed by atoms with Gasteiger partial charge >= 0.3 is 0 Å². The third kappa shape index (κ3) is 4.70. The number of benzene rings is 2. The standard InChI is InChI=1S/C22H27N5O5S/c1-31-13-12-26-19-10-9-17(14-18(19)24-25-26)33(29,30)27-11-5-7-20(27)22(28)23-15-16-6-3-4-8-21(16)32-2/h3-4,6,8-10,14,20H,5,7,11-13,15H2,1-2H3,(H,23,28). The Kier molecular flexibility index (Phi) is 6.91. The van der Waals surface area contributed by atoms with Gasteiger partial charge < -0.3 is 14.8 Å². The average Bonchev–Trinajstić information content (AvgIpc) is 3.49. The van der Waals surface area contributed by atoms with Gasteiger partial charge in [-0.1, -0.05) is 23.4 Å².